The van der Waals surface area contributed by atoms with Gasteiger partial charge in [-0.15, -0.1) is 0 Å². The molecule has 6 nitrogen and oxygen atoms in total. The van der Waals surface area contributed by atoms with Crippen LogP contribution in [0.2, 0.25) is 0 Å². The van der Waals surface area contributed by atoms with Crippen molar-refractivity contribution in [3.05, 3.63) is 48.4 Å². The summed E-state index contributed by atoms with van der Waals surface area (Å²) in [5.41, 5.74) is 0.835. The maximum absolute atomic E-state index is 11.7. The molecule has 0 atom stereocenters. The lowest BCUT2D eigenvalue weighted by Gasteiger charge is -2.13. The van der Waals surface area contributed by atoms with Gasteiger partial charge in [0.25, 0.3) is 0 Å². The van der Waals surface area contributed by atoms with Crippen molar-refractivity contribution in [2.75, 3.05) is 25.5 Å². The van der Waals surface area contributed by atoms with Crippen LogP contribution in [0.5, 0.6) is 0 Å². The van der Waals surface area contributed by atoms with E-state index in [0.29, 0.717) is 13.1 Å². The lowest BCUT2D eigenvalue weighted by Crippen LogP contribution is -2.36. The molecule has 2 amide bonds. The summed E-state index contributed by atoms with van der Waals surface area (Å²) in [6, 6.07) is 9.50. The molecule has 0 radical (unpaired) electrons. The van der Waals surface area contributed by atoms with E-state index in [0.717, 1.165) is 18.1 Å². The molecule has 2 aromatic rings. The summed E-state index contributed by atoms with van der Waals surface area (Å²) in [5, 5.41) is 5.62. The van der Waals surface area contributed by atoms with E-state index in [9.17, 15) is 4.79 Å². The molecule has 6 heteroatoms. The van der Waals surface area contributed by atoms with Crippen molar-refractivity contribution in [2.24, 2.45) is 0 Å². The molecule has 0 unspecified atom stereocenters. The first kappa shape index (κ1) is 14.9. The lowest BCUT2D eigenvalue weighted by atomic mass is 10.3. The largest absolute Gasteiger partial charge is 0.363 e. The van der Waals surface area contributed by atoms with Gasteiger partial charge in [0.15, 0.2) is 0 Å². The number of carbonyl (C=O) groups excluding carboxylic acids is 1. The molecule has 0 aliphatic rings. The predicted octanol–water partition coefficient (Wildman–Crippen LogP) is 1.45. The average Bonchev–Trinajstić information content (AvgIpc) is 2.99. The van der Waals surface area contributed by atoms with E-state index >= 15 is 0 Å². The number of nitrogens with one attached hydrogen (secondary N) is 2. The van der Waals surface area contributed by atoms with Gasteiger partial charge >= 0.3 is 6.03 Å². The van der Waals surface area contributed by atoms with Crippen molar-refractivity contribution < 1.29 is 4.79 Å². The van der Waals surface area contributed by atoms with Crippen molar-refractivity contribution in [1.29, 1.82) is 0 Å². The van der Waals surface area contributed by atoms with Crippen molar-refractivity contribution in [1.82, 2.24) is 20.2 Å². The Kier molecular flexibility index (Phi) is 5.20. The first-order valence-electron chi connectivity index (χ1n) is 6.91. The molecule has 0 spiro atoms. The van der Waals surface area contributed by atoms with Crippen molar-refractivity contribution >= 4 is 11.8 Å². The quantitative estimate of drug-likeness (QED) is 0.845. The average molecular weight is 287 g/mol. The molecule has 2 heterocycles. The molecule has 0 aliphatic carbocycles. The van der Waals surface area contributed by atoms with Crippen LogP contribution in [0.4, 0.5) is 10.6 Å². The van der Waals surface area contributed by atoms with Crippen LogP contribution in [-0.2, 0) is 13.1 Å². The highest BCUT2D eigenvalue weighted by atomic mass is 16.2. The third-order valence-electron chi connectivity index (χ3n) is 3.00. The summed E-state index contributed by atoms with van der Waals surface area (Å²) in [5.74, 6) is 0.877. The predicted molar refractivity (Wildman–Crippen MR) is 83.2 cm³/mol. The fraction of sp³-hybridized carbons (Fsp3) is 0.333. The molecule has 0 saturated heterocycles. The summed E-state index contributed by atoms with van der Waals surface area (Å²) in [6.07, 6.45) is 3.94. The minimum Gasteiger partial charge on any atom is -0.363 e. The van der Waals surface area contributed by atoms with Gasteiger partial charge in [0.1, 0.15) is 5.82 Å². The third kappa shape index (κ3) is 4.83. The molecule has 0 fully saturated rings. The van der Waals surface area contributed by atoms with Gasteiger partial charge in [-0.2, -0.15) is 0 Å². The van der Waals surface area contributed by atoms with E-state index in [2.05, 4.69) is 15.6 Å². The topological polar surface area (TPSA) is 62.2 Å². The standard InChI is InChI=1S/C15H21N5O/c1-19(2)14-7-5-6-13(18-14)12-17-15(21)16-8-11-20-9-3-4-10-20/h3-7,9-10H,8,11-12H2,1-2H3,(H2,16,17,21). The van der Waals surface area contributed by atoms with Gasteiger partial charge in [-0.3, -0.25) is 0 Å². The van der Waals surface area contributed by atoms with E-state index in [4.69, 9.17) is 0 Å². The monoisotopic (exact) mass is 287 g/mol. The van der Waals surface area contributed by atoms with E-state index in [1.807, 2.05) is 66.3 Å². The van der Waals surface area contributed by atoms with Gasteiger partial charge < -0.3 is 20.1 Å². The Morgan fingerprint density at radius 1 is 1.19 bits per heavy atom. The summed E-state index contributed by atoms with van der Waals surface area (Å²) in [4.78, 5) is 18.1. The fourth-order valence-corrected chi connectivity index (χ4v) is 1.87. The van der Waals surface area contributed by atoms with Gasteiger partial charge in [-0.25, -0.2) is 9.78 Å². The Balaban J connectivity index is 1.72. The Bertz CT molecular complexity index is 565. The molecular formula is C15H21N5O. The Hall–Kier alpha value is -2.50. The van der Waals surface area contributed by atoms with Gasteiger partial charge in [0, 0.05) is 39.6 Å². The molecule has 2 rings (SSSR count). The zero-order valence-electron chi connectivity index (χ0n) is 12.4. The summed E-state index contributed by atoms with van der Waals surface area (Å²) in [6.45, 7) is 1.76. The number of urea groups is 1. The smallest absolute Gasteiger partial charge is 0.315 e. The maximum Gasteiger partial charge on any atom is 0.315 e. The van der Waals surface area contributed by atoms with Crippen molar-refractivity contribution in [3.8, 4) is 0 Å². The minimum atomic E-state index is -0.181. The van der Waals surface area contributed by atoms with E-state index in [1.54, 1.807) is 0 Å². The molecule has 0 aliphatic heterocycles. The van der Waals surface area contributed by atoms with Gasteiger partial charge in [0.05, 0.1) is 12.2 Å². The van der Waals surface area contributed by atoms with Gasteiger partial charge in [-0.1, -0.05) is 6.07 Å². The molecule has 2 N–H and O–H groups in total. The highest BCUT2D eigenvalue weighted by Crippen LogP contribution is 2.07. The lowest BCUT2D eigenvalue weighted by molar-refractivity contribution is 0.240. The highest BCUT2D eigenvalue weighted by molar-refractivity contribution is 5.73. The Morgan fingerprint density at radius 3 is 2.67 bits per heavy atom. The zero-order valence-corrected chi connectivity index (χ0v) is 12.4. The Morgan fingerprint density at radius 2 is 1.95 bits per heavy atom. The molecule has 21 heavy (non-hydrogen) atoms. The molecule has 0 bridgehead atoms. The molecule has 0 saturated carbocycles. The number of amides is 2. The first-order valence-corrected chi connectivity index (χ1v) is 6.91. The summed E-state index contributed by atoms with van der Waals surface area (Å²) in [7, 11) is 3.88. The summed E-state index contributed by atoms with van der Waals surface area (Å²) >= 11 is 0. The zero-order chi connectivity index (χ0) is 15.1. The van der Waals surface area contributed by atoms with Crippen LogP contribution in [0, 0.1) is 0 Å². The number of aromatic nitrogens is 2. The number of pyridine rings is 1. The van der Waals surface area contributed by atoms with Gasteiger partial charge in [-0.05, 0) is 24.3 Å². The number of nitrogens with zero attached hydrogens (tertiary/aromatic N) is 3. The normalized spacial score (nSPS) is 10.2. The fourth-order valence-electron chi connectivity index (χ4n) is 1.87. The van der Waals surface area contributed by atoms with E-state index in [1.165, 1.54) is 0 Å². The van der Waals surface area contributed by atoms with Crippen LogP contribution in [0.3, 0.4) is 0 Å². The van der Waals surface area contributed by atoms with Crippen molar-refractivity contribution in [2.45, 2.75) is 13.1 Å². The maximum atomic E-state index is 11.7. The van der Waals surface area contributed by atoms with Crippen molar-refractivity contribution in [3.63, 3.8) is 0 Å². The highest BCUT2D eigenvalue weighted by Gasteiger charge is 2.02. The SMILES string of the molecule is CN(C)c1cccc(CNC(=O)NCCn2cccc2)n1. The number of hydrogen-bond acceptors (Lipinski definition) is 3. The number of carbonyl (C=O) groups is 1. The molecule has 0 aromatic carbocycles. The van der Waals surface area contributed by atoms with Crippen LogP contribution in [0.15, 0.2) is 42.7 Å². The minimum absolute atomic E-state index is 0.181. The number of anilines is 1. The van der Waals surface area contributed by atoms with E-state index in [-0.39, 0.29) is 6.03 Å². The second-order valence-corrected chi connectivity index (χ2v) is 4.91. The second kappa shape index (κ2) is 7.33. The van der Waals surface area contributed by atoms with Crippen LogP contribution in [0.1, 0.15) is 5.69 Å². The van der Waals surface area contributed by atoms with Crippen LogP contribution in [-0.4, -0.2) is 36.2 Å². The Labute approximate surface area is 124 Å². The van der Waals surface area contributed by atoms with Gasteiger partial charge in [0.2, 0.25) is 0 Å². The van der Waals surface area contributed by atoms with Crippen LogP contribution < -0.4 is 15.5 Å². The first-order chi connectivity index (χ1) is 10.1. The molecule has 2 aromatic heterocycles. The molecular weight excluding hydrogens is 266 g/mol. The second-order valence-electron chi connectivity index (χ2n) is 4.91. The molecule has 112 valence electrons. The number of rotatable bonds is 6. The number of hydrogen-bond donors (Lipinski definition) is 2. The van der Waals surface area contributed by atoms with Crippen LogP contribution in [0.25, 0.3) is 0 Å². The van der Waals surface area contributed by atoms with Crippen LogP contribution >= 0.6 is 0 Å². The summed E-state index contributed by atoms with van der Waals surface area (Å²) < 4.78 is 2.02. The van der Waals surface area contributed by atoms with E-state index < -0.39 is 0 Å². The third-order valence-corrected chi connectivity index (χ3v) is 3.00.